The molecule has 0 spiro atoms. The summed E-state index contributed by atoms with van der Waals surface area (Å²) in [6, 6.07) is 7.64. The Balaban J connectivity index is 2.62. The first-order valence-electron chi connectivity index (χ1n) is 4.95. The first-order chi connectivity index (χ1) is 7.27. The summed E-state index contributed by atoms with van der Waals surface area (Å²) < 4.78 is 0. The van der Waals surface area contributed by atoms with Gasteiger partial charge in [0.15, 0.2) is 5.78 Å². The molecule has 1 aromatic rings. The molecular formula is C12H15NO2. The molecule has 0 aliphatic rings. The Hall–Kier alpha value is -1.64. The highest BCUT2D eigenvalue weighted by Crippen LogP contribution is 2.06. The van der Waals surface area contributed by atoms with E-state index in [-0.39, 0.29) is 12.2 Å². The number of aryl methyl sites for hydroxylation is 1. The summed E-state index contributed by atoms with van der Waals surface area (Å²) in [6.45, 7) is 2.09. The number of rotatable bonds is 5. The Morgan fingerprint density at radius 3 is 2.60 bits per heavy atom. The van der Waals surface area contributed by atoms with E-state index in [9.17, 15) is 4.79 Å². The molecule has 0 saturated heterocycles. The summed E-state index contributed by atoms with van der Waals surface area (Å²) in [5.41, 5.74) is 1.95. The van der Waals surface area contributed by atoms with Crippen LogP contribution < -0.4 is 0 Å². The van der Waals surface area contributed by atoms with E-state index in [1.165, 1.54) is 18.9 Å². The fourth-order valence-electron chi connectivity index (χ4n) is 1.24. The molecule has 0 heterocycles. The van der Waals surface area contributed by atoms with Crippen molar-refractivity contribution in [2.75, 3.05) is 7.11 Å². The van der Waals surface area contributed by atoms with Crippen LogP contribution in [0.2, 0.25) is 0 Å². The second-order valence-corrected chi connectivity index (χ2v) is 3.15. The minimum atomic E-state index is 0.0541. The van der Waals surface area contributed by atoms with Gasteiger partial charge < -0.3 is 4.84 Å². The van der Waals surface area contributed by atoms with E-state index in [0.29, 0.717) is 0 Å². The van der Waals surface area contributed by atoms with Gasteiger partial charge in [-0.25, -0.2) is 0 Å². The van der Waals surface area contributed by atoms with E-state index in [0.717, 1.165) is 12.0 Å². The van der Waals surface area contributed by atoms with E-state index in [4.69, 9.17) is 0 Å². The molecule has 3 heteroatoms. The van der Waals surface area contributed by atoms with E-state index in [1.807, 2.05) is 24.3 Å². The summed E-state index contributed by atoms with van der Waals surface area (Å²) in [6.07, 6.45) is 2.73. The van der Waals surface area contributed by atoms with E-state index in [2.05, 4.69) is 16.9 Å². The van der Waals surface area contributed by atoms with Gasteiger partial charge in [-0.15, -0.1) is 0 Å². The number of ketones is 1. The van der Waals surface area contributed by atoms with Crippen molar-refractivity contribution in [1.82, 2.24) is 0 Å². The number of carbonyl (C=O) groups excluding carboxylic acids is 1. The zero-order valence-electron chi connectivity index (χ0n) is 9.06. The van der Waals surface area contributed by atoms with Crippen LogP contribution in [-0.2, 0) is 11.3 Å². The lowest BCUT2D eigenvalue weighted by atomic mass is 10.1. The van der Waals surface area contributed by atoms with Gasteiger partial charge >= 0.3 is 0 Å². The summed E-state index contributed by atoms with van der Waals surface area (Å²) in [7, 11) is 1.46. The second-order valence-electron chi connectivity index (χ2n) is 3.15. The Morgan fingerprint density at radius 1 is 1.40 bits per heavy atom. The van der Waals surface area contributed by atoms with Crippen LogP contribution in [0.4, 0.5) is 0 Å². The van der Waals surface area contributed by atoms with Crippen molar-refractivity contribution in [3.63, 3.8) is 0 Å². The fraction of sp³-hybridized carbons (Fsp3) is 0.333. The number of Topliss-reactive ketones (excluding diaryl/α,β-unsaturated/α-hetero) is 1. The van der Waals surface area contributed by atoms with Crippen LogP contribution in [0.15, 0.2) is 29.4 Å². The molecule has 0 radical (unpaired) electrons. The van der Waals surface area contributed by atoms with Gasteiger partial charge in [-0.3, -0.25) is 4.79 Å². The van der Waals surface area contributed by atoms with Crippen LogP contribution in [0.1, 0.15) is 29.3 Å². The molecule has 0 aliphatic heterocycles. The van der Waals surface area contributed by atoms with Gasteiger partial charge in [0.2, 0.25) is 0 Å². The quantitative estimate of drug-likeness (QED) is 0.420. The Morgan fingerprint density at radius 2 is 2.07 bits per heavy atom. The lowest BCUT2D eigenvalue weighted by molar-refractivity contribution is 0.1000. The van der Waals surface area contributed by atoms with Gasteiger partial charge in [0.05, 0.1) is 6.21 Å². The molecule has 0 aliphatic carbocycles. The predicted molar refractivity (Wildman–Crippen MR) is 60.3 cm³/mol. The van der Waals surface area contributed by atoms with Crippen molar-refractivity contribution in [3.8, 4) is 0 Å². The molecular weight excluding hydrogens is 190 g/mol. The van der Waals surface area contributed by atoms with Crippen molar-refractivity contribution >= 4 is 12.0 Å². The maximum absolute atomic E-state index is 11.6. The molecule has 0 amide bonds. The summed E-state index contributed by atoms with van der Waals surface area (Å²) in [5, 5.41) is 3.53. The minimum absolute atomic E-state index is 0.0541. The Kier molecular flexibility index (Phi) is 4.54. The third-order valence-electron chi connectivity index (χ3n) is 2.14. The normalized spacial score (nSPS) is 10.5. The summed E-state index contributed by atoms with van der Waals surface area (Å²) in [4.78, 5) is 16.1. The monoisotopic (exact) mass is 205 g/mol. The van der Waals surface area contributed by atoms with Gasteiger partial charge in [-0.1, -0.05) is 36.3 Å². The number of hydrogen-bond donors (Lipinski definition) is 0. The van der Waals surface area contributed by atoms with Gasteiger partial charge in [-0.2, -0.15) is 0 Å². The van der Waals surface area contributed by atoms with E-state index >= 15 is 0 Å². The molecule has 1 aromatic carbocycles. The van der Waals surface area contributed by atoms with Crippen LogP contribution in [0.25, 0.3) is 0 Å². The number of hydrogen-bond acceptors (Lipinski definition) is 3. The van der Waals surface area contributed by atoms with Gasteiger partial charge in [0, 0.05) is 12.0 Å². The number of benzene rings is 1. The number of nitrogens with zero attached hydrogens (tertiary/aromatic N) is 1. The molecule has 1 rings (SSSR count). The second kappa shape index (κ2) is 5.96. The van der Waals surface area contributed by atoms with E-state index < -0.39 is 0 Å². The van der Waals surface area contributed by atoms with Crippen molar-refractivity contribution in [2.45, 2.75) is 19.8 Å². The van der Waals surface area contributed by atoms with Crippen molar-refractivity contribution in [1.29, 1.82) is 0 Å². The highest BCUT2D eigenvalue weighted by atomic mass is 16.6. The Bertz CT molecular complexity index is 341. The zero-order chi connectivity index (χ0) is 11.1. The molecule has 0 atom stereocenters. The molecule has 0 saturated carbocycles. The molecule has 15 heavy (non-hydrogen) atoms. The summed E-state index contributed by atoms with van der Waals surface area (Å²) >= 11 is 0. The number of oxime groups is 1. The van der Waals surface area contributed by atoms with Crippen molar-refractivity contribution < 1.29 is 9.63 Å². The van der Waals surface area contributed by atoms with Gasteiger partial charge in [-0.05, 0) is 12.0 Å². The SMILES string of the molecule is CCc1ccc(C(=O)C/C=N\OC)cc1. The molecule has 0 aromatic heterocycles. The molecule has 80 valence electrons. The standard InChI is InChI=1S/C12H15NO2/c1-3-10-4-6-11(7-5-10)12(14)8-9-13-15-2/h4-7,9H,3,8H2,1-2H3/b13-9-. The first kappa shape index (κ1) is 11.4. The topological polar surface area (TPSA) is 38.7 Å². The van der Waals surface area contributed by atoms with Crippen LogP contribution in [0.3, 0.4) is 0 Å². The molecule has 0 N–H and O–H groups in total. The van der Waals surface area contributed by atoms with Gasteiger partial charge in [0.1, 0.15) is 7.11 Å². The van der Waals surface area contributed by atoms with E-state index in [1.54, 1.807) is 0 Å². The molecule has 0 unspecified atom stereocenters. The third-order valence-corrected chi connectivity index (χ3v) is 2.14. The van der Waals surface area contributed by atoms with Crippen molar-refractivity contribution in [2.24, 2.45) is 5.16 Å². The maximum Gasteiger partial charge on any atom is 0.168 e. The van der Waals surface area contributed by atoms with Crippen LogP contribution in [0.5, 0.6) is 0 Å². The minimum Gasteiger partial charge on any atom is -0.399 e. The zero-order valence-corrected chi connectivity index (χ0v) is 9.06. The lowest BCUT2D eigenvalue weighted by Gasteiger charge is -1.99. The Labute approximate surface area is 89.7 Å². The van der Waals surface area contributed by atoms with Crippen molar-refractivity contribution in [3.05, 3.63) is 35.4 Å². The largest absolute Gasteiger partial charge is 0.399 e. The number of carbonyl (C=O) groups is 1. The first-order valence-corrected chi connectivity index (χ1v) is 4.95. The average molecular weight is 205 g/mol. The van der Waals surface area contributed by atoms with Crippen LogP contribution >= 0.6 is 0 Å². The fourth-order valence-corrected chi connectivity index (χ4v) is 1.24. The third kappa shape index (κ3) is 3.54. The smallest absolute Gasteiger partial charge is 0.168 e. The molecule has 0 fully saturated rings. The van der Waals surface area contributed by atoms with Crippen LogP contribution in [0, 0.1) is 0 Å². The lowest BCUT2D eigenvalue weighted by Crippen LogP contribution is -1.99. The summed E-state index contributed by atoms with van der Waals surface area (Å²) in [5.74, 6) is 0.0541. The highest BCUT2D eigenvalue weighted by Gasteiger charge is 2.03. The maximum atomic E-state index is 11.6. The molecule has 3 nitrogen and oxygen atoms in total. The van der Waals surface area contributed by atoms with Gasteiger partial charge in [0.25, 0.3) is 0 Å². The highest BCUT2D eigenvalue weighted by molar-refractivity contribution is 6.03. The molecule has 0 bridgehead atoms. The predicted octanol–water partition coefficient (Wildman–Crippen LogP) is 2.45. The average Bonchev–Trinajstić information content (AvgIpc) is 2.29. The van der Waals surface area contributed by atoms with Crippen LogP contribution in [-0.4, -0.2) is 19.1 Å².